The average Bonchev–Trinajstić information content (AvgIpc) is 3.26. The van der Waals surface area contributed by atoms with Gasteiger partial charge in [-0.15, -0.1) is 0 Å². The van der Waals surface area contributed by atoms with E-state index in [-0.39, 0.29) is 35.9 Å². The van der Waals surface area contributed by atoms with Crippen LogP contribution in [0.4, 0.5) is 5.13 Å². The van der Waals surface area contributed by atoms with E-state index in [4.69, 9.17) is 0 Å². The van der Waals surface area contributed by atoms with Crippen LogP contribution in [0.5, 0.6) is 0 Å². The number of nitrogens with zero attached hydrogens (tertiary/aromatic N) is 3. The summed E-state index contributed by atoms with van der Waals surface area (Å²) in [5.74, 6) is -0.251. The van der Waals surface area contributed by atoms with Crippen molar-refractivity contribution in [2.45, 2.75) is 37.6 Å². The monoisotopic (exact) mass is 479 g/mol. The molecule has 1 amide bonds. The minimum Gasteiger partial charge on any atom is -0.282 e. The number of rotatable bonds is 9. The van der Waals surface area contributed by atoms with Crippen molar-refractivity contribution in [1.82, 2.24) is 9.97 Å². The third-order valence-electron chi connectivity index (χ3n) is 5.33. The maximum atomic E-state index is 13.2. The minimum absolute atomic E-state index is 0.0834. The van der Waals surface area contributed by atoms with Gasteiger partial charge in [-0.25, -0.2) is 13.4 Å². The Hall–Kier alpha value is -3.10. The van der Waals surface area contributed by atoms with Crippen LogP contribution >= 0.6 is 11.3 Å². The molecule has 0 bridgehead atoms. The zero-order valence-corrected chi connectivity index (χ0v) is 20.0. The van der Waals surface area contributed by atoms with E-state index in [0.29, 0.717) is 5.13 Å². The third-order valence-corrected chi connectivity index (χ3v) is 8.19. The van der Waals surface area contributed by atoms with E-state index in [1.54, 1.807) is 41.4 Å². The maximum absolute atomic E-state index is 13.2. The Bertz CT molecular complexity index is 1340. The quantitative estimate of drug-likeness (QED) is 0.336. The Morgan fingerprint density at radius 3 is 2.55 bits per heavy atom. The number of amides is 1. The number of aryl methyl sites for hydroxylation is 1. The number of carbonyl (C=O) groups excluding carboxylic acids is 1. The van der Waals surface area contributed by atoms with E-state index >= 15 is 0 Å². The lowest BCUT2D eigenvalue weighted by atomic mass is 10.2. The molecule has 2 aromatic heterocycles. The fraction of sp³-hybridized carbons (Fsp3) is 0.240. The van der Waals surface area contributed by atoms with Gasteiger partial charge in [0, 0.05) is 12.6 Å². The molecule has 2 aromatic carbocycles. The predicted molar refractivity (Wildman–Crippen MR) is 132 cm³/mol. The topological polar surface area (TPSA) is 80.2 Å². The fourth-order valence-corrected chi connectivity index (χ4v) is 5.88. The lowest BCUT2D eigenvalue weighted by molar-refractivity contribution is -0.118. The summed E-state index contributed by atoms with van der Waals surface area (Å²) in [6.45, 7) is 2.38. The number of carbonyl (C=O) groups is 1. The molecule has 0 fully saturated rings. The molecule has 0 unspecified atom stereocenters. The molecule has 0 saturated heterocycles. The Balaban J connectivity index is 1.54. The maximum Gasteiger partial charge on any atom is 0.229 e. The Kier molecular flexibility index (Phi) is 7.15. The molecule has 0 radical (unpaired) electrons. The highest BCUT2D eigenvalue weighted by Gasteiger charge is 2.22. The summed E-state index contributed by atoms with van der Waals surface area (Å²) in [5, 5.41) is 0.597. The lowest BCUT2D eigenvalue weighted by Gasteiger charge is -2.19. The summed E-state index contributed by atoms with van der Waals surface area (Å²) in [5.41, 5.74) is 2.81. The second kappa shape index (κ2) is 10.2. The van der Waals surface area contributed by atoms with E-state index in [2.05, 4.69) is 23.0 Å². The summed E-state index contributed by atoms with van der Waals surface area (Å²) >= 11 is 1.47. The molecule has 6 nitrogen and oxygen atoms in total. The van der Waals surface area contributed by atoms with E-state index in [9.17, 15) is 13.2 Å². The van der Waals surface area contributed by atoms with E-state index in [1.165, 1.54) is 16.9 Å². The second-order valence-corrected chi connectivity index (χ2v) is 10.8. The van der Waals surface area contributed by atoms with Gasteiger partial charge in [0.2, 0.25) is 5.91 Å². The van der Waals surface area contributed by atoms with Gasteiger partial charge in [-0.2, -0.15) is 0 Å². The average molecular weight is 480 g/mol. The summed E-state index contributed by atoms with van der Waals surface area (Å²) in [7, 11) is -3.43. The number of aromatic nitrogens is 2. The molecule has 33 heavy (non-hydrogen) atoms. The Morgan fingerprint density at radius 1 is 1.03 bits per heavy atom. The number of hydrogen-bond acceptors (Lipinski definition) is 6. The van der Waals surface area contributed by atoms with Crippen LogP contribution in [0.25, 0.3) is 10.2 Å². The molecule has 0 aliphatic carbocycles. The van der Waals surface area contributed by atoms with Gasteiger partial charge in [0.1, 0.15) is 0 Å². The number of pyridine rings is 1. The van der Waals surface area contributed by atoms with Crippen LogP contribution in [0.2, 0.25) is 0 Å². The predicted octanol–water partition coefficient (Wildman–Crippen LogP) is 5.04. The number of anilines is 1. The van der Waals surface area contributed by atoms with Crippen molar-refractivity contribution in [3.05, 3.63) is 84.2 Å². The van der Waals surface area contributed by atoms with Crippen molar-refractivity contribution in [2.24, 2.45) is 0 Å². The standard InChI is InChI=1S/C25H25N3O3S2/c1-2-19-13-14-22-23(17-19)32-25(27-22)28(18-20-9-6-7-15-26-20)24(29)12-8-16-33(30,31)21-10-4-3-5-11-21/h3-7,9-11,13-15,17H,2,8,12,16,18H2,1H3. The van der Waals surface area contributed by atoms with Crippen molar-refractivity contribution in [1.29, 1.82) is 0 Å². The Labute approximate surface area is 197 Å². The molecule has 4 rings (SSSR count). The van der Waals surface area contributed by atoms with E-state index < -0.39 is 9.84 Å². The van der Waals surface area contributed by atoms with E-state index in [0.717, 1.165) is 22.3 Å². The van der Waals surface area contributed by atoms with Crippen LogP contribution in [-0.4, -0.2) is 30.0 Å². The zero-order valence-electron chi connectivity index (χ0n) is 18.3. The van der Waals surface area contributed by atoms with Crippen molar-refractivity contribution >= 4 is 42.4 Å². The van der Waals surface area contributed by atoms with Crippen molar-refractivity contribution in [3.8, 4) is 0 Å². The van der Waals surface area contributed by atoms with Crippen LogP contribution in [0.15, 0.2) is 77.8 Å². The lowest BCUT2D eigenvalue weighted by Crippen LogP contribution is -2.30. The van der Waals surface area contributed by atoms with Gasteiger partial charge in [0.05, 0.1) is 33.1 Å². The van der Waals surface area contributed by atoms with Gasteiger partial charge in [-0.3, -0.25) is 14.7 Å². The summed E-state index contributed by atoms with van der Waals surface area (Å²) in [6, 6.07) is 20.0. The second-order valence-electron chi connectivity index (χ2n) is 7.69. The first-order valence-electron chi connectivity index (χ1n) is 10.8. The summed E-state index contributed by atoms with van der Waals surface area (Å²) in [6.07, 6.45) is 2.96. The van der Waals surface area contributed by atoms with Gasteiger partial charge >= 0.3 is 0 Å². The van der Waals surface area contributed by atoms with Gasteiger partial charge in [-0.1, -0.05) is 48.6 Å². The van der Waals surface area contributed by atoms with Crippen molar-refractivity contribution in [2.75, 3.05) is 10.7 Å². The third kappa shape index (κ3) is 5.64. The molecule has 0 aliphatic rings. The van der Waals surface area contributed by atoms with Crippen molar-refractivity contribution in [3.63, 3.8) is 0 Å². The van der Waals surface area contributed by atoms with Crippen LogP contribution in [-0.2, 0) is 27.6 Å². The highest BCUT2D eigenvalue weighted by molar-refractivity contribution is 7.91. The normalized spacial score (nSPS) is 11.5. The summed E-state index contributed by atoms with van der Waals surface area (Å²) in [4.78, 5) is 24.2. The molecule has 0 N–H and O–H groups in total. The van der Waals surface area contributed by atoms with Gasteiger partial charge in [0.15, 0.2) is 15.0 Å². The van der Waals surface area contributed by atoms with Gasteiger partial charge in [-0.05, 0) is 54.8 Å². The molecule has 170 valence electrons. The molecule has 2 heterocycles. The molecular formula is C25H25N3O3S2. The molecule has 4 aromatic rings. The first-order valence-corrected chi connectivity index (χ1v) is 13.3. The SMILES string of the molecule is CCc1ccc2nc(N(Cc3ccccn3)C(=O)CCCS(=O)(=O)c3ccccc3)sc2c1. The highest BCUT2D eigenvalue weighted by atomic mass is 32.2. The largest absolute Gasteiger partial charge is 0.282 e. The smallest absolute Gasteiger partial charge is 0.229 e. The fourth-order valence-electron chi connectivity index (χ4n) is 3.50. The van der Waals surface area contributed by atoms with Crippen LogP contribution in [0.3, 0.4) is 0 Å². The molecule has 0 aliphatic heterocycles. The highest BCUT2D eigenvalue weighted by Crippen LogP contribution is 2.31. The zero-order chi connectivity index (χ0) is 23.3. The number of fused-ring (bicyclic) bond motifs is 1. The van der Waals surface area contributed by atoms with Crippen LogP contribution in [0.1, 0.15) is 31.0 Å². The first kappa shape index (κ1) is 23.1. The molecule has 0 spiro atoms. The van der Waals surface area contributed by atoms with Crippen LogP contribution in [0, 0.1) is 0 Å². The Morgan fingerprint density at radius 2 is 1.82 bits per heavy atom. The van der Waals surface area contributed by atoms with E-state index in [1.807, 2.05) is 30.3 Å². The molecular weight excluding hydrogens is 454 g/mol. The van der Waals surface area contributed by atoms with Gasteiger partial charge < -0.3 is 0 Å². The summed E-state index contributed by atoms with van der Waals surface area (Å²) < 4.78 is 26.2. The van der Waals surface area contributed by atoms with Crippen molar-refractivity contribution < 1.29 is 13.2 Å². The first-order chi connectivity index (χ1) is 16.0. The van der Waals surface area contributed by atoms with Gasteiger partial charge in [0.25, 0.3) is 0 Å². The minimum atomic E-state index is -3.43. The molecule has 0 saturated carbocycles. The molecule has 0 atom stereocenters. The molecule has 8 heteroatoms. The number of thiazole rings is 1. The number of hydrogen-bond donors (Lipinski definition) is 0. The number of benzene rings is 2. The number of sulfone groups is 1. The van der Waals surface area contributed by atoms with Crippen LogP contribution < -0.4 is 4.90 Å².